The van der Waals surface area contributed by atoms with Gasteiger partial charge in [0.2, 0.25) is 10.0 Å². The van der Waals surface area contributed by atoms with Crippen molar-refractivity contribution in [2.75, 3.05) is 26.2 Å². The van der Waals surface area contributed by atoms with Crippen molar-refractivity contribution in [1.29, 1.82) is 0 Å². The number of aromatic hydroxyl groups is 1. The summed E-state index contributed by atoms with van der Waals surface area (Å²) < 4.78 is 27.1. The smallest absolute Gasteiger partial charge is 0.243 e. The van der Waals surface area contributed by atoms with E-state index in [-0.39, 0.29) is 4.90 Å². The van der Waals surface area contributed by atoms with E-state index in [1.165, 1.54) is 15.4 Å². The molecule has 0 atom stereocenters. The Hall–Kier alpha value is -1.60. The molecule has 1 N–H and O–H groups in total. The van der Waals surface area contributed by atoms with E-state index < -0.39 is 10.0 Å². The summed E-state index contributed by atoms with van der Waals surface area (Å²) in [5.74, 6) is 0.354. The molecule has 2 aromatic rings. The summed E-state index contributed by atoms with van der Waals surface area (Å²) in [6, 6.07) is 10.3. The minimum absolute atomic E-state index is 0.275. The lowest BCUT2D eigenvalue weighted by molar-refractivity contribution is 0.180. The van der Waals surface area contributed by atoms with Gasteiger partial charge < -0.3 is 5.11 Å². The van der Waals surface area contributed by atoms with Crippen LogP contribution in [-0.4, -0.2) is 48.9 Å². The van der Waals surface area contributed by atoms with Gasteiger partial charge in [0.05, 0.1) is 4.90 Å². The van der Waals surface area contributed by atoms with Crippen LogP contribution in [0.25, 0.3) is 0 Å². The molecule has 0 unspecified atom stereocenters. The Morgan fingerprint density at radius 3 is 2.26 bits per heavy atom. The number of aryl methyl sites for hydroxylation is 2. The number of piperazine rings is 1. The number of phenolic OH excluding ortho intramolecular Hbond substituents is 1. The molecule has 2 aliphatic rings. The highest BCUT2D eigenvalue weighted by Gasteiger charge is 2.28. The molecular formula is C20H23ClN2O3S. The molecule has 5 nitrogen and oxygen atoms in total. The van der Waals surface area contributed by atoms with Gasteiger partial charge in [0, 0.05) is 43.3 Å². The van der Waals surface area contributed by atoms with Gasteiger partial charge in [0.25, 0.3) is 0 Å². The third-order valence-corrected chi connectivity index (χ3v) is 7.63. The van der Waals surface area contributed by atoms with E-state index in [1.54, 1.807) is 24.3 Å². The maximum Gasteiger partial charge on any atom is 0.243 e. The zero-order valence-electron chi connectivity index (χ0n) is 15.1. The molecule has 1 fully saturated rings. The molecule has 4 rings (SSSR count). The summed E-state index contributed by atoms with van der Waals surface area (Å²) in [5.41, 5.74) is 3.53. The molecule has 7 heteroatoms. The molecule has 0 saturated carbocycles. The summed E-state index contributed by atoms with van der Waals surface area (Å²) in [6.45, 7) is 2.81. The minimum atomic E-state index is -3.49. The van der Waals surface area contributed by atoms with E-state index in [0.29, 0.717) is 43.5 Å². The number of phenols is 1. The van der Waals surface area contributed by atoms with Crippen LogP contribution >= 0.6 is 11.6 Å². The largest absolute Gasteiger partial charge is 0.508 e. The number of hydrogen-bond acceptors (Lipinski definition) is 4. The maximum atomic E-state index is 12.8. The number of sulfonamides is 1. The van der Waals surface area contributed by atoms with Crippen LogP contribution in [0.2, 0.25) is 5.02 Å². The van der Waals surface area contributed by atoms with Crippen LogP contribution in [0.3, 0.4) is 0 Å². The average Bonchev–Trinajstić information content (AvgIpc) is 3.10. The fraction of sp³-hybridized carbons (Fsp3) is 0.400. The molecule has 1 aliphatic carbocycles. The van der Waals surface area contributed by atoms with Crippen molar-refractivity contribution >= 4 is 21.6 Å². The predicted octanol–water partition coefficient (Wildman–Crippen LogP) is 3.04. The normalized spacial score (nSPS) is 18.6. The average molecular weight is 407 g/mol. The molecule has 0 amide bonds. The van der Waals surface area contributed by atoms with E-state index in [1.807, 2.05) is 6.07 Å². The Balaban J connectivity index is 1.41. The lowest BCUT2D eigenvalue weighted by Gasteiger charge is -2.34. The molecule has 1 aliphatic heterocycles. The summed E-state index contributed by atoms with van der Waals surface area (Å²) in [4.78, 5) is 2.47. The number of halogens is 1. The molecule has 2 aromatic carbocycles. The van der Waals surface area contributed by atoms with Gasteiger partial charge in [-0.25, -0.2) is 8.42 Å². The lowest BCUT2D eigenvalue weighted by atomic mass is 10.0. The van der Waals surface area contributed by atoms with Crippen molar-refractivity contribution in [2.24, 2.45) is 0 Å². The van der Waals surface area contributed by atoms with Crippen LogP contribution in [0, 0.1) is 0 Å². The van der Waals surface area contributed by atoms with E-state index in [0.717, 1.165) is 24.8 Å². The molecule has 0 bridgehead atoms. The highest BCUT2D eigenvalue weighted by molar-refractivity contribution is 7.89. The summed E-state index contributed by atoms with van der Waals surface area (Å²) in [7, 11) is -3.49. The molecule has 27 heavy (non-hydrogen) atoms. The van der Waals surface area contributed by atoms with Gasteiger partial charge in [0.1, 0.15) is 5.75 Å². The van der Waals surface area contributed by atoms with E-state index in [2.05, 4.69) is 11.0 Å². The zero-order chi connectivity index (χ0) is 19.0. The van der Waals surface area contributed by atoms with Crippen molar-refractivity contribution < 1.29 is 13.5 Å². The second kappa shape index (κ2) is 7.43. The monoisotopic (exact) mass is 406 g/mol. The van der Waals surface area contributed by atoms with Gasteiger partial charge in [-0.05, 0) is 60.7 Å². The zero-order valence-corrected chi connectivity index (χ0v) is 16.6. The van der Waals surface area contributed by atoms with E-state index in [4.69, 9.17) is 11.6 Å². The maximum absolute atomic E-state index is 12.8. The van der Waals surface area contributed by atoms with Crippen LogP contribution in [0.4, 0.5) is 0 Å². The first-order chi connectivity index (χ1) is 12.9. The molecule has 1 saturated heterocycles. The van der Waals surface area contributed by atoms with Crippen LogP contribution < -0.4 is 0 Å². The van der Waals surface area contributed by atoms with Crippen molar-refractivity contribution in [3.63, 3.8) is 0 Å². The van der Waals surface area contributed by atoms with Gasteiger partial charge >= 0.3 is 0 Å². The van der Waals surface area contributed by atoms with Gasteiger partial charge in [-0.15, -0.1) is 0 Å². The molecule has 144 valence electrons. The van der Waals surface area contributed by atoms with Crippen molar-refractivity contribution in [1.82, 2.24) is 9.21 Å². The number of nitrogens with zero attached hydrogens (tertiary/aromatic N) is 2. The number of fused-ring (bicyclic) bond motifs is 1. The lowest BCUT2D eigenvalue weighted by Crippen LogP contribution is -2.48. The Labute approximate surface area is 165 Å². The van der Waals surface area contributed by atoms with Crippen LogP contribution in [0.15, 0.2) is 41.3 Å². The predicted molar refractivity (Wildman–Crippen MR) is 106 cm³/mol. The highest BCUT2D eigenvalue weighted by Crippen LogP contribution is 2.30. The molecular weight excluding hydrogens is 384 g/mol. The van der Waals surface area contributed by atoms with Gasteiger partial charge in [0.15, 0.2) is 0 Å². The molecule has 1 heterocycles. The Morgan fingerprint density at radius 2 is 1.59 bits per heavy atom. The third-order valence-electron chi connectivity index (χ3n) is 5.47. The first-order valence-electron chi connectivity index (χ1n) is 9.25. The number of benzene rings is 2. The topological polar surface area (TPSA) is 60.9 Å². The third kappa shape index (κ3) is 3.85. The summed E-state index contributed by atoms with van der Waals surface area (Å²) in [5, 5.41) is 10.8. The minimum Gasteiger partial charge on any atom is -0.508 e. The second-order valence-corrected chi connectivity index (χ2v) is 9.61. The van der Waals surface area contributed by atoms with Crippen molar-refractivity contribution in [3.8, 4) is 5.75 Å². The second-order valence-electron chi connectivity index (χ2n) is 7.24. The number of hydrogen-bond donors (Lipinski definition) is 1. The Bertz CT molecular complexity index is 936. The van der Waals surface area contributed by atoms with Gasteiger partial charge in [-0.1, -0.05) is 17.7 Å². The fourth-order valence-corrected chi connectivity index (χ4v) is 5.46. The SMILES string of the molecule is O=S(=O)(c1ccc(Cl)cc1)N1CCN(Cc2cc3c(cc2O)CCC3)CC1. The summed E-state index contributed by atoms with van der Waals surface area (Å²) >= 11 is 5.86. The van der Waals surface area contributed by atoms with E-state index >= 15 is 0 Å². The molecule has 0 radical (unpaired) electrons. The standard InChI is InChI=1S/C20H23ClN2O3S/c21-18-4-6-19(7-5-18)27(25,26)23-10-8-22(9-11-23)14-17-12-15-2-1-3-16(15)13-20(17)24/h4-7,12-13,24H,1-3,8-11,14H2. The fourth-order valence-electron chi connectivity index (χ4n) is 3.91. The first-order valence-corrected chi connectivity index (χ1v) is 11.1. The Kier molecular flexibility index (Phi) is 5.16. The van der Waals surface area contributed by atoms with Crippen LogP contribution in [0.5, 0.6) is 5.75 Å². The van der Waals surface area contributed by atoms with E-state index in [9.17, 15) is 13.5 Å². The first kappa shape index (κ1) is 18.7. The van der Waals surface area contributed by atoms with Crippen LogP contribution in [-0.2, 0) is 29.4 Å². The molecule has 0 spiro atoms. The Morgan fingerprint density at radius 1 is 0.963 bits per heavy atom. The van der Waals surface area contributed by atoms with Gasteiger partial charge in [-0.3, -0.25) is 4.90 Å². The molecule has 0 aromatic heterocycles. The summed E-state index contributed by atoms with van der Waals surface area (Å²) in [6.07, 6.45) is 3.28. The number of rotatable bonds is 4. The van der Waals surface area contributed by atoms with Gasteiger partial charge in [-0.2, -0.15) is 4.31 Å². The van der Waals surface area contributed by atoms with Crippen molar-refractivity contribution in [3.05, 3.63) is 58.1 Å². The quantitative estimate of drug-likeness (QED) is 0.847. The van der Waals surface area contributed by atoms with Crippen molar-refractivity contribution in [2.45, 2.75) is 30.7 Å². The highest BCUT2D eigenvalue weighted by atomic mass is 35.5. The van der Waals surface area contributed by atoms with Crippen LogP contribution in [0.1, 0.15) is 23.1 Å².